The van der Waals surface area contributed by atoms with E-state index in [9.17, 15) is 4.39 Å². The Labute approximate surface area is 151 Å². The van der Waals surface area contributed by atoms with Gasteiger partial charge in [-0.1, -0.05) is 24.3 Å². The first-order valence-corrected chi connectivity index (χ1v) is 9.20. The number of ether oxygens (including phenoxy) is 1. The first kappa shape index (κ1) is 17.6. The van der Waals surface area contributed by atoms with Gasteiger partial charge in [0.05, 0.1) is 11.5 Å². The van der Waals surface area contributed by atoms with Crippen LogP contribution in [0.1, 0.15) is 17.5 Å². The van der Waals surface area contributed by atoms with E-state index in [0.717, 1.165) is 46.3 Å². The number of thiazole rings is 1. The molecule has 0 saturated heterocycles. The molecule has 130 valence electrons. The summed E-state index contributed by atoms with van der Waals surface area (Å²) in [6, 6.07) is 14.7. The second kappa shape index (κ2) is 8.74. The first-order valence-electron chi connectivity index (χ1n) is 8.38. The summed E-state index contributed by atoms with van der Waals surface area (Å²) in [5.41, 5.74) is 2.21. The highest BCUT2D eigenvalue weighted by Gasteiger charge is 2.09. The van der Waals surface area contributed by atoms with Crippen LogP contribution in [0.3, 0.4) is 0 Å². The molecule has 1 aromatic heterocycles. The third-order valence-electron chi connectivity index (χ3n) is 3.79. The minimum atomic E-state index is -0.195. The highest BCUT2D eigenvalue weighted by Crippen LogP contribution is 2.33. The number of para-hydroxylation sites is 1. The molecule has 3 aromatic rings. The van der Waals surface area contributed by atoms with E-state index in [1.54, 1.807) is 11.3 Å². The molecule has 0 atom stereocenters. The molecule has 0 bridgehead atoms. The molecule has 1 N–H and O–H groups in total. The third-order valence-corrected chi connectivity index (χ3v) is 4.82. The summed E-state index contributed by atoms with van der Waals surface area (Å²) < 4.78 is 18.6. The predicted octanol–water partition coefficient (Wildman–Crippen LogP) is 4.68. The molecule has 2 aromatic carbocycles. The van der Waals surface area contributed by atoms with Crippen LogP contribution in [0.4, 0.5) is 4.39 Å². The molecule has 0 fully saturated rings. The van der Waals surface area contributed by atoms with E-state index in [4.69, 9.17) is 4.74 Å². The number of aromatic nitrogens is 1. The molecule has 0 radical (unpaired) electrons. The topological polar surface area (TPSA) is 34.1 Å². The monoisotopic (exact) mass is 356 g/mol. The van der Waals surface area contributed by atoms with Gasteiger partial charge in [0.15, 0.2) is 0 Å². The van der Waals surface area contributed by atoms with Crippen molar-refractivity contribution in [3.63, 3.8) is 0 Å². The van der Waals surface area contributed by atoms with Crippen LogP contribution < -0.4 is 10.1 Å². The summed E-state index contributed by atoms with van der Waals surface area (Å²) in [5, 5.41) is 4.43. The zero-order valence-corrected chi connectivity index (χ0v) is 15.0. The lowest BCUT2D eigenvalue weighted by Gasteiger charge is -2.07. The molecular formula is C20H21FN2OS. The Hall–Kier alpha value is -2.24. The fraction of sp³-hybridized carbons (Fsp3) is 0.250. The van der Waals surface area contributed by atoms with Gasteiger partial charge in [0.2, 0.25) is 0 Å². The molecule has 0 aliphatic heterocycles. The number of hydrogen-bond donors (Lipinski definition) is 1. The van der Waals surface area contributed by atoms with Crippen molar-refractivity contribution in [2.45, 2.75) is 19.9 Å². The SMILES string of the molecule is CCOc1ccccc1-c1cnc(CNCCc2ccc(F)cc2)s1. The van der Waals surface area contributed by atoms with Crippen LogP contribution in [0.15, 0.2) is 54.7 Å². The lowest BCUT2D eigenvalue weighted by Crippen LogP contribution is -2.16. The Morgan fingerprint density at radius 3 is 2.72 bits per heavy atom. The molecule has 5 heteroatoms. The Kier molecular flexibility index (Phi) is 6.14. The van der Waals surface area contributed by atoms with E-state index < -0.39 is 0 Å². The van der Waals surface area contributed by atoms with E-state index >= 15 is 0 Å². The van der Waals surface area contributed by atoms with E-state index in [2.05, 4.69) is 16.4 Å². The maximum absolute atomic E-state index is 12.9. The average Bonchev–Trinajstić information content (AvgIpc) is 3.10. The Morgan fingerprint density at radius 1 is 1.12 bits per heavy atom. The van der Waals surface area contributed by atoms with Gasteiger partial charge in [-0.2, -0.15) is 0 Å². The number of rotatable bonds is 8. The van der Waals surface area contributed by atoms with Gasteiger partial charge >= 0.3 is 0 Å². The van der Waals surface area contributed by atoms with Gasteiger partial charge in [0.1, 0.15) is 16.6 Å². The highest BCUT2D eigenvalue weighted by atomic mass is 32.1. The molecule has 3 rings (SSSR count). The molecule has 0 saturated carbocycles. The first-order chi connectivity index (χ1) is 12.3. The third kappa shape index (κ3) is 4.87. The predicted molar refractivity (Wildman–Crippen MR) is 101 cm³/mol. The number of hydrogen-bond acceptors (Lipinski definition) is 4. The molecule has 1 heterocycles. The van der Waals surface area contributed by atoms with Crippen molar-refractivity contribution < 1.29 is 9.13 Å². The summed E-state index contributed by atoms with van der Waals surface area (Å²) in [7, 11) is 0. The number of halogens is 1. The van der Waals surface area contributed by atoms with E-state index in [1.807, 2.05) is 43.5 Å². The van der Waals surface area contributed by atoms with Crippen molar-refractivity contribution >= 4 is 11.3 Å². The lowest BCUT2D eigenvalue weighted by atomic mass is 10.1. The van der Waals surface area contributed by atoms with Crippen LogP contribution in [0.25, 0.3) is 10.4 Å². The van der Waals surface area contributed by atoms with Crippen molar-refractivity contribution in [3.05, 3.63) is 71.1 Å². The molecule has 0 aliphatic carbocycles. The van der Waals surface area contributed by atoms with Gasteiger partial charge in [-0.15, -0.1) is 11.3 Å². The van der Waals surface area contributed by atoms with Crippen molar-refractivity contribution in [2.24, 2.45) is 0 Å². The van der Waals surface area contributed by atoms with Gasteiger partial charge in [-0.3, -0.25) is 0 Å². The second-order valence-corrected chi connectivity index (χ2v) is 6.72. The molecule has 0 spiro atoms. The van der Waals surface area contributed by atoms with Gasteiger partial charge in [-0.25, -0.2) is 9.37 Å². The maximum atomic E-state index is 12.9. The highest BCUT2D eigenvalue weighted by molar-refractivity contribution is 7.15. The van der Waals surface area contributed by atoms with Crippen LogP contribution in [-0.4, -0.2) is 18.1 Å². The summed E-state index contributed by atoms with van der Waals surface area (Å²) >= 11 is 1.67. The summed E-state index contributed by atoms with van der Waals surface area (Å²) in [5.74, 6) is 0.698. The smallest absolute Gasteiger partial charge is 0.127 e. The quantitative estimate of drug-likeness (QED) is 0.595. The maximum Gasteiger partial charge on any atom is 0.127 e. The largest absolute Gasteiger partial charge is 0.493 e. The summed E-state index contributed by atoms with van der Waals surface area (Å²) in [4.78, 5) is 5.61. The molecule has 0 amide bonds. The van der Waals surface area contributed by atoms with Crippen molar-refractivity contribution in [2.75, 3.05) is 13.2 Å². The Balaban J connectivity index is 1.54. The van der Waals surface area contributed by atoms with Gasteiger partial charge in [0, 0.05) is 18.3 Å². The zero-order chi connectivity index (χ0) is 17.5. The molecule has 25 heavy (non-hydrogen) atoms. The standard InChI is InChI=1S/C20H21FN2OS/c1-2-24-18-6-4-3-5-17(18)19-13-23-20(25-19)14-22-12-11-15-7-9-16(21)10-8-15/h3-10,13,22H,2,11-12,14H2,1H3. The molecular weight excluding hydrogens is 335 g/mol. The van der Waals surface area contributed by atoms with Gasteiger partial charge in [-0.05, 0) is 49.7 Å². The molecule has 0 aliphatic rings. The van der Waals surface area contributed by atoms with Crippen LogP contribution in [0.5, 0.6) is 5.75 Å². The van der Waals surface area contributed by atoms with E-state index in [-0.39, 0.29) is 5.82 Å². The van der Waals surface area contributed by atoms with Crippen LogP contribution in [-0.2, 0) is 13.0 Å². The zero-order valence-electron chi connectivity index (χ0n) is 14.2. The fourth-order valence-corrected chi connectivity index (χ4v) is 3.46. The number of nitrogens with one attached hydrogen (secondary N) is 1. The van der Waals surface area contributed by atoms with Crippen LogP contribution in [0.2, 0.25) is 0 Å². The van der Waals surface area contributed by atoms with Crippen molar-refractivity contribution in [1.29, 1.82) is 0 Å². The average molecular weight is 356 g/mol. The number of benzene rings is 2. The molecule has 0 unspecified atom stereocenters. The van der Waals surface area contributed by atoms with Crippen LogP contribution in [0, 0.1) is 5.82 Å². The van der Waals surface area contributed by atoms with Crippen molar-refractivity contribution in [1.82, 2.24) is 10.3 Å². The van der Waals surface area contributed by atoms with Gasteiger partial charge < -0.3 is 10.1 Å². The van der Waals surface area contributed by atoms with E-state index in [1.165, 1.54) is 12.1 Å². The fourth-order valence-electron chi connectivity index (χ4n) is 2.55. The van der Waals surface area contributed by atoms with E-state index in [0.29, 0.717) is 6.61 Å². The normalized spacial score (nSPS) is 10.8. The Bertz CT molecular complexity index is 801. The second-order valence-electron chi connectivity index (χ2n) is 5.60. The Morgan fingerprint density at radius 2 is 1.92 bits per heavy atom. The van der Waals surface area contributed by atoms with Crippen LogP contribution >= 0.6 is 11.3 Å². The summed E-state index contributed by atoms with van der Waals surface area (Å²) in [6.45, 7) is 4.19. The number of nitrogens with zero attached hydrogens (tertiary/aromatic N) is 1. The minimum absolute atomic E-state index is 0.195. The van der Waals surface area contributed by atoms with Gasteiger partial charge in [0.25, 0.3) is 0 Å². The minimum Gasteiger partial charge on any atom is -0.493 e. The van der Waals surface area contributed by atoms with Crippen molar-refractivity contribution in [3.8, 4) is 16.2 Å². The lowest BCUT2D eigenvalue weighted by molar-refractivity contribution is 0.341. The summed E-state index contributed by atoms with van der Waals surface area (Å²) in [6.07, 6.45) is 2.77. The molecule has 3 nitrogen and oxygen atoms in total.